The minimum absolute atomic E-state index is 0. The maximum absolute atomic E-state index is 12.8. The van der Waals surface area contributed by atoms with Gasteiger partial charge in [-0.2, -0.15) is 0 Å². The molecule has 2 aromatic heterocycles. The molecule has 0 spiro atoms. The molecule has 3 rings (SSSR count). The number of nitrogens with one attached hydrogen (secondary N) is 1. The minimum Gasteiger partial charge on any atom is -0.444 e. The lowest BCUT2D eigenvalue weighted by molar-refractivity contribution is -0.134. The first kappa shape index (κ1) is 24.4. The van der Waals surface area contributed by atoms with Gasteiger partial charge in [-0.1, -0.05) is 6.07 Å². The number of carbonyl (C=O) groups is 2. The highest BCUT2D eigenvalue weighted by molar-refractivity contribution is 7.13. The Bertz CT molecular complexity index is 739. The summed E-state index contributed by atoms with van der Waals surface area (Å²) in [7, 11) is 0. The van der Waals surface area contributed by atoms with Crippen molar-refractivity contribution in [2.45, 2.75) is 38.1 Å². The minimum atomic E-state index is -0.0671. The van der Waals surface area contributed by atoms with Crippen LogP contribution in [0.1, 0.15) is 31.4 Å². The normalized spacial score (nSPS) is 16.0. The molecule has 7 nitrogen and oxygen atoms in total. The number of hydrogen-bond acceptors (Lipinski definition) is 6. The van der Waals surface area contributed by atoms with Crippen LogP contribution in [0.2, 0.25) is 0 Å². The summed E-state index contributed by atoms with van der Waals surface area (Å²) in [5, 5.41) is 4.84. The van der Waals surface area contributed by atoms with Gasteiger partial charge >= 0.3 is 0 Å². The van der Waals surface area contributed by atoms with Crippen LogP contribution in [-0.2, 0) is 16.0 Å². The second-order valence-electron chi connectivity index (χ2n) is 6.38. The Balaban J connectivity index is 0.00000196. The standard InChI is InChI=1S/C18H24N4O3S.2ClH/c19-7-6-16(23)20-11-14-4-1-2-8-22(14)17(24)10-13-12-25-18(21-13)15-5-3-9-26-15;;/h3,5,9,12,14H,1-2,4,6-8,10-11,19H2,(H,20,23);2*1H. The summed E-state index contributed by atoms with van der Waals surface area (Å²) in [5.41, 5.74) is 6.03. The van der Waals surface area contributed by atoms with Crippen molar-refractivity contribution in [1.29, 1.82) is 0 Å². The van der Waals surface area contributed by atoms with Crippen LogP contribution in [-0.4, -0.2) is 47.4 Å². The highest BCUT2D eigenvalue weighted by Crippen LogP contribution is 2.24. The first-order valence-corrected chi connectivity index (χ1v) is 9.80. The maximum Gasteiger partial charge on any atom is 0.236 e. The zero-order valence-corrected chi connectivity index (χ0v) is 17.9. The predicted molar refractivity (Wildman–Crippen MR) is 114 cm³/mol. The molecule has 0 saturated carbocycles. The third-order valence-electron chi connectivity index (χ3n) is 4.47. The van der Waals surface area contributed by atoms with Crippen LogP contribution in [0.4, 0.5) is 0 Å². The number of rotatable bonds is 7. The molecule has 1 unspecified atom stereocenters. The van der Waals surface area contributed by atoms with E-state index in [4.69, 9.17) is 10.2 Å². The second-order valence-corrected chi connectivity index (χ2v) is 7.33. The molecule has 10 heteroatoms. The molecular formula is C18H26Cl2N4O3S. The zero-order chi connectivity index (χ0) is 18.4. The highest BCUT2D eigenvalue weighted by Gasteiger charge is 2.27. The van der Waals surface area contributed by atoms with Gasteiger partial charge in [-0.3, -0.25) is 9.59 Å². The summed E-state index contributed by atoms with van der Waals surface area (Å²) in [6.45, 7) is 1.52. The molecule has 1 aliphatic heterocycles. The topological polar surface area (TPSA) is 101 Å². The van der Waals surface area contributed by atoms with Crippen molar-refractivity contribution in [2.24, 2.45) is 5.73 Å². The van der Waals surface area contributed by atoms with Gasteiger partial charge in [-0.15, -0.1) is 36.2 Å². The summed E-state index contributed by atoms with van der Waals surface area (Å²) in [6, 6.07) is 3.90. The molecule has 0 radical (unpaired) electrons. The maximum atomic E-state index is 12.8. The van der Waals surface area contributed by atoms with Gasteiger partial charge in [0.15, 0.2) is 0 Å². The Morgan fingerprint density at radius 2 is 2.18 bits per heavy atom. The first-order chi connectivity index (χ1) is 12.7. The molecule has 2 amide bonds. The number of hydrogen-bond donors (Lipinski definition) is 2. The monoisotopic (exact) mass is 448 g/mol. The number of oxazole rings is 1. The van der Waals surface area contributed by atoms with Crippen LogP contribution < -0.4 is 11.1 Å². The number of likely N-dealkylation sites (tertiary alicyclic amines) is 1. The SMILES string of the molecule is Cl.Cl.NCCC(=O)NCC1CCCCN1C(=O)Cc1coc(-c2cccs2)n1. The molecule has 1 aliphatic rings. The summed E-state index contributed by atoms with van der Waals surface area (Å²) in [5.74, 6) is 0.503. The molecule has 3 N–H and O–H groups in total. The van der Waals surface area contributed by atoms with E-state index in [0.29, 0.717) is 37.6 Å². The molecule has 3 heterocycles. The number of piperidine rings is 1. The van der Waals surface area contributed by atoms with Crippen LogP contribution in [0.15, 0.2) is 28.2 Å². The van der Waals surface area contributed by atoms with Gasteiger partial charge in [-0.25, -0.2) is 4.98 Å². The van der Waals surface area contributed by atoms with Crippen molar-refractivity contribution >= 4 is 48.0 Å². The molecule has 2 aromatic rings. The lowest BCUT2D eigenvalue weighted by Gasteiger charge is -2.35. The Morgan fingerprint density at radius 1 is 1.36 bits per heavy atom. The Hall–Kier alpha value is -1.61. The van der Waals surface area contributed by atoms with E-state index >= 15 is 0 Å². The number of amides is 2. The van der Waals surface area contributed by atoms with Crippen molar-refractivity contribution in [3.8, 4) is 10.8 Å². The van der Waals surface area contributed by atoms with E-state index in [1.165, 1.54) is 0 Å². The Kier molecular flexibility index (Phi) is 10.5. The van der Waals surface area contributed by atoms with E-state index in [1.54, 1.807) is 17.6 Å². The van der Waals surface area contributed by atoms with Gasteiger partial charge < -0.3 is 20.4 Å². The number of carbonyl (C=O) groups excluding carboxylic acids is 2. The average Bonchev–Trinajstić information content (AvgIpc) is 3.32. The number of nitrogens with two attached hydrogens (primary N) is 1. The van der Waals surface area contributed by atoms with Gasteiger partial charge in [0.2, 0.25) is 17.7 Å². The highest BCUT2D eigenvalue weighted by atomic mass is 35.5. The number of thiophene rings is 1. The Labute approximate surface area is 180 Å². The summed E-state index contributed by atoms with van der Waals surface area (Å²) >= 11 is 1.55. The third kappa shape index (κ3) is 6.48. The molecule has 1 atom stereocenters. The fraction of sp³-hybridized carbons (Fsp3) is 0.500. The van der Waals surface area contributed by atoms with Crippen molar-refractivity contribution in [1.82, 2.24) is 15.2 Å². The molecule has 1 fully saturated rings. The van der Waals surface area contributed by atoms with Crippen molar-refractivity contribution < 1.29 is 14.0 Å². The predicted octanol–water partition coefficient (Wildman–Crippen LogP) is 2.64. The molecule has 156 valence electrons. The van der Waals surface area contributed by atoms with Gasteiger partial charge in [-0.05, 0) is 30.7 Å². The molecule has 0 aliphatic carbocycles. The van der Waals surface area contributed by atoms with Crippen LogP contribution in [0.25, 0.3) is 10.8 Å². The van der Waals surface area contributed by atoms with Crippen LogP contribution in [0, 0.1) is 0 Å². The number of nitrogens with zero attached hydrogens (tertiary/aromatic N) is 2. The smallest absolute Gasteiger partial charge is 0.236 e. The van der Waals surface area contributed by atoms with E-state index in [9.17, 15) is 9.59 Å². The quantitative estimate of drug-likeness (QED) is 0.677. The van der Waals surface area contributed by atoms with Crippen LogP contribution in [0.3, 0.4) is 0 Å². The number of aromatic nitrogens is 1. The lowest BCUT2D eigenvalue weighted by Crippen LogP contribution is -2.50. The lowest BCUT2D eigenvalue weighted by atomic mass is 10.0. The van der Waals surface area contributed by atoms with Crippen molar-refractivity contribution in [3.05, 3.63) is 29.5 Å². The Morgan fingerprint density at radius 3 is 2.89 bits per heavy atom. The van der Waals surface area contributed by atoms with Gasteiger partial charge in [0.25, 0.3) is 0 Å². The van der Waals surface area contributed by atoms with Gasteiger partial charge in [0.1, 0.15) is 6.26 Å². The van der Waals surface area contributed by atoms with Crippen LogP contribution >= 0.6 is 36.2 Å². The van der Waals surface area contributed by atoms with E-state index in [1.807, 2.05) is 22.4 Å². The molecule has 0 bridgehead atoms. The zero-order valence-electron chi connectivity index (χ0n) is 15.5. The summed E-state index contributed by atoms with van der Waals surface area (Å²) in [4.78, 5) is 31.6. The first-order valence-electron chi connectivity index (χ1n) is 8.92. The largest absolute Gasteiger partial charge is 0.444 e. The summed E-state index contributed by atoms with van der Waals surface area (Å²) in [6.07, 6.45) is 5.02. The van der Waals surface area contributed by atoms with Gasteiger partial charge in [0.05, 0.1) is 17.0 Å². The average molecular weight is 449 g/mol. The molecule has 28 heavy (non-hydrogen) atoms. The van der Waals surface area contributed by atoms with E-state index in [2.05, 4.69) is 10.3 Å². The van der Waals surface area contributed by atoms with E-state index in [-0.39, 0.29) is 49.1 Å². The van der Waals surface area contributed by atoms with Crippen LogP contribution in [0.5, 0.6) is 0 Å². The summed E-state index contributed by atoms with van der Waals surface area (Å²) < 4.78 is 5.49. The number of halogens is 2. The van der Waals surface area contributed by atoms with E-state index in [0.717, 1.165) is 24.1 Å². The fourth-order valence-corrected chi connectivity index (χ4v) is 3.81. The van der Waals surface area contributed by atoms with Crippen molar-refractivity contribution in [3.63, 3.8) is 0 Å². The molecular weight excluding hydrogens is 423 g/mol. The second kappa shape index (κ2) is 12.1. The fourth-order valence-electron chi connectivity index (χ4n) is 3.15. The molecule has 1 saturated heterocycles. The molecule has 0 aromatic carbocycles. The third-order valence-corrected chi connectivity index (χ3v) is 5.33. The van der Waals surface area contributed by atoms with Gasteiger partial charge in [0, 0.05) is 32.1 Å². The van der Waals surface area contributed by atoms with E-state index < -0.39 is 0 Å². The van der Waals surface area contributed by atoms with Crippen molar-refractivity contribution in [2.75, 3.05) is 19.6 Å².